The molecule has 0 aliphatic rings. The summed E-state index contributed by atoms with van der Waals surface area (Å²) in [5, 5.41) is -0.225. The molecule has 0 aliphatic heterocycles. The Hall–Kier alpha value is -3.78. The molecule has 9 heteroatoms. The van der Waals surface area contributed by atoms with Gasteiger partial charge in [-0.05, 0) is 47.9 Å². The van der Waals surface area contributed by atoms with Gasteiger partial charge in [0.15, 0.2) is 5.82 Å². The number of halogens is 4. The van der Waals surface area contributed by atoms with Gasteiger partial charge in [0, 0.05) is 12.4 Å². The molecule has 0 radical (unpaired) electrons. The van der Waals surface area contributed by atoms with E-state index in [2.05, 4.69) is 28.0 Å². The first-order valence-corrected chi connectivity index (χ1v) is 10.3. The minimum absolute atomic E-state index is 0.0186. The molecule has 0 saturated heterocycles. The summed E-state index contributed by atoms with van der Waals surface area (Å²) in [6.45, 7) is 0. The smallest absolute Gasteiger partial charge is 0.298 e. The highest BCUT2D eigenvalue weighted by Crippen LogP contribution is 2.32. The fourth-order valence-corrected chi connectivity index (χ4v) is 3.50. The first-order valence-electron chi connectivity index (χ1n) is 9.91. The predicted octanol–water partition coefficient (Wildman–Crippen LogP) is 5.89. The summed E-state index contributed by atoms with van der Waals surface area (Å²) < 4.78 is 39.9. The Morgan fingerprint density at radius 3 is 2.33 bits per heavy atom. The van der Waals surface area contributed by atoms with Crippen LogP contribution in [0.25, 0.3) is 5.82 Å². The van der Waals surface area contributed by atoms with Crippen LogP contribution >= 0.6 is 11.6 Å². The molecule has 2 heterocycles. The molecule has 4 rings (SSSR count). The molecule has 0 aliphatic carbocycles. The summed E-state index contributed by atoms with van der Waals surface area (Å²) in [7, 11) is 0. The number of nitrogens with one attached hydrogen (secondary N) is 2. The van der Waals surface area contributed by atoms with Crippen molar-refractivity contribution in [2.24, 2.45) is 0 Å². The van der Waals surface area contributed by atoms with Crippen molar-refractivity contribution in [1.82, 2.24) is 15.0 Å². The number of pyridine rings is 1. The largest absolute Gasteiger partial charge is 0.417 e. The SMILES string of the molecule is O=C(NNc1ccc(Cc2ccccc2)cc1)c1cccn1-c1ncc(C(F)(F)F)cc1Cl. The first-order chi connectivity index (χ1) is 15.8. The average Bonchev–Trinajstić information content (AvgIpc) is 3.28. The quantitative estimate of drug-likeness (QED) is 0.345. The summed E-state index contributed by atoms with van der Waals surface area (Å²) in [6, 6.07) is 21.5. The molecular formula is C24H18ClF3N4O. The molecule has 0 unspecified atom stereocenters. The van der Waals surface area contributed by atoms with Gasteiger partial charge in [0.25, 0.3) is 5.91 Å². The molecule has 0 bridgehead atoms. The number of benzene rings is 2. The second-order valence-corrected chi connectivity index (χ2v) is 7.64. The lowest BCUT2D eigenvalue weighted by atomic mass is 10.1. The van der Waals surface area contributed by atoms with Crippen LogP contribution in [0.4, 0.5) is 18.9 Å². The Balaban J connectivity index is 1.43. The summed E-state index contributed by atoms with van der Waals surface area (Å²) in [5.74, 6) is -0.490. The highest BCUT2D eigenvalue weighted by atomic mass is 35.5. The average molecular weight is 471 g/mol. The number of aromatic nitrogens is 2. The number of amides is 1. The maximum atomic E-state index is 12.9. The van der Waals surface area contributed by atoms with Gasteiger partial charge in [0.05, 0.1) is 16.3 Å². The number of hydrogen-bond acceptors (Lipinski definition) is 3. The van der Waals surface area contributed by atoms with Gasteiger partial charge in [0.1, 0.15) is 5.69 Å². The van der Waals surface area contributed by atoms with E-state index in [4.69, 9.17) is 11.6 Å². The van der Waals surface area contributed by atoms with Gasteiger partial charge in [-0.2, -0.15) is 13.2 Å². The number of carbonyl (C=O) groups is 1. The van der Waals surface area contributed by atoms with Crippen LogP contribution in [0.1, 0.15) is 27.2 Å². The zero-order valence-corrected chi connectivity index (χ0v) is 17.9. The van der Waals surface area contributed by atoms with E-state index in [-0.39, 0.29) is 16.5 Å². The van der Waals surface area contributed by atoms with Crippen molar-refractivity contribution in [3.8, 4) is 5.82 Å². The van der Waals surface area contributed by atoms with Crippen LogP contribution in [-0.2, 0) is 12.6 Å². The van der Waals surface area contributed by atoms with E-state index >= 15 is 0 Å². The molecular weight excluding hydrogens is 453 g/mol. The monoisotopic (exact) mass is 470 g/mol. The highest BCUT2D eigenvalue weighted by Gasteiger charge is 2.32. The third-order valence-corrected chi connectivity index (χ3v) is 5.16. The Labute approximate surface area is 192 Å². The number of hydrogen-bond donors (Lipinski definition) is 2. The molecule has 4 aromatic rings. The molecule has 2 aromatic heterocycles. The maximum Gasteiger partial charge on any atom is 0.417 e. The van der Waals surface area contributed by atoms with E-state index in [9.17, 15) is 18.0 Å². The Kier molecular flexibility index (Phi) is 6.37. The van der Waals surface area contributed by atoms with E-state index in [1.807, 2.05) is 42.5 Å². The van der Waals surface area contributed by atoms with Gasteiger partial charge in [0.2, 0.25) is 0 Å². The fourth-order valence-electron chi connectivity index (χ4n) is 3.24. The van der Waals surface area contributed by atoms with Crippen LogP contribution in [0.15, 0.2) is 85.2 Å². The second-order valence-electron chi connectivity index (χ2n) is 7.23. The Morgan fingerprint density at radius 2 is 1.67 bits per heavy atom. The minimum Gasteiger partial charge on any atom is -0.298 e. The molecule has 1 amide bonds. The van der Waals surface area contributed by atoms with Crippen molar-refractivity contribution in [3.63, 3.8) is 0 Å². The van der Waals surface area contributed by atoms with Crippen molar-refractivity contribution < 1.29 is 18.0 Å². The van der Waals surface area contributed by atoms with Crippen LogP contribution in [0.3, 0.4) is 0 Å². The van der Waals surface area contributed by atoms with E-state index in [1.54, 1.807) is 6.07 Å². The van der Waals surface area contributed by atoms with Crippen LogP contribution in [0, 0.1) is 0 Å². The predicted molar refractivity (Wildman–Crippen MR) is 120 cm³/mol. The van der Waals surface area contributed by atoms with Crippen LogP contribution in [0.2, 0.25) is 5.02 Å². The van der Waals surface area contributed by atoms with Gasteiger partial charge in [-0.3, -0.25) is 20.2 Å². The van der Waals surface area contributed by atoms with E-state index in [0.717, 1.165) is 18.1 Å². The lowest BCUT2D eigenvalue weighted by Gasteiger charge is -2.13. The van der Waals surface area contributed by atoms with Gasteiger partial charge in [-0.15, -0.1) is 0 Å². The molecule has 33 heavy (non-hydrogen) atoms. The van der Waals surface area contributed by atoms with Crippen LogP contribution in [-0.4, -0.2) is 15.5 Å². The molecule has 0 saturated carbocycles. The lowest BCUT2D eigenvalue weighted by Crippen LogP contribution is -2.31. The summed E-state index contributed by atoms with van der Waals surface area (Å²) >= 11 is 6.02. The van der Waals surface area contributed by atoms with Gasteiger partial charge in [-0.1, -0.05) is 54.1 Å². The molecule has 5 nitrogen and oxygen atoms in total. The van der Waals surface area contributed by atoms with E-state index in [0.29, 0.717) is 11.9 Å². The van der Waals surface area contributed by atoms with Crippen LogP contribution in [0.5, 0.6) is 0 Å². The van der Waals surface area contributed by atoms with Crippen molar-refractivity contribution in [2.45, 2.75) is 12.6 Å². The number of anilines is 1. The van der Waals surface area contributed by atoms with E-state index in [1.165, 1.54) is 22.4 Å². The Bertz CT molecular complexity index is 1250. The number of nitrogens with zero attached hydrogens (tertiary/aromatic N) is 2. The summed E-state index contributed by atoms with van der Waals surface area (Å²) in [5.41, 5.74) is 7.58. The maximum absolute atomic E-state index is 12.9. The zero-order valence-electron chi connectivity index (χ0n) is 17.1. The molecule has 2 N–H and O–H groups in total. The van der Waals surface area contributed by atoms with Gasteiger partial charge >= 0.3 is 6.18 Å². The van der Waals surface area contributed by atoms with Crippen molar-refractivity contribution in [1.29, 1.82) is 0 Å². The van der Waals surface area contributed by atoms with Crippen molar-refractivity contribution >= 4 is 23.2 Å². The third-order valence-electron chi connectivity index (χ3n) is 4.88. The number of alkyl halides is 3. The van der Waals surface area contributed by atoms with Crippen molar-refractivity contribution in [2.75, 3.05) is 5.43 Å². The normalized spacial score (nSPS) is 11.3. The Morgan fingerprint density at radius 1 is 0.970 bits per heavy atom. The second kappa shape index (κ2) is 9.38. The molecule has 0 spiro atoms. The molecule has 2 aromatic carbocycles. The number of carbonyl (C=O) groups excluding carboxylic acids is 1. The summed E-state index contributed by atoms with van der Waals surface area (Å²) in [4.78, 5) is 16.5. The van der Waals surface area contributed by atoms with Crippen molar-refractivity contribution in [3.05, 3.63) is 113 Å². The van der Waals surface area contributed by atoms with Gasteiger partial charge in [-0.25, -0.2) is 4.98 Å². The summed E-state index contributed by atoms with van der Waals surface area (Å²) in [6.07, 6.45) is -1.60. The highest BCUT2D eigenvalue weighted by molar-refractivity contribution is 6.32. The topological polar surface area (TPSA) is 59.0 Å². The molecule has 0 atom stereocenters. The fraction of sp³-hybridized carbons (Fsp3) is 0.0833. The van der Waals surface area contributed by atoms with E-state index < -0.39 is 17.6 Å². The zero-order chi connectivity index (χ0) is 23.4. The number of rotatable bonds is 6. The van der Waals surface area contributed by atoms with Crippen LogP contribution < -0.4 is 10.9 Å². The minimum atomic E-state index is -4.56. The lowest BCUT2D eigenvalue weighted by molar-refractivity contribution is -0.137. The molecule has 0 fully saturated rings. The molecule has 168 valence electrons. The standard InChI is InChI=1S/C24H18ClF3N4O/c25-20-14-18(24(26,27)28)15-29-22(20)32-12-4-7-21(32)23(33)31-30-19-10-8-17(9-11-19)13-16-5-2-1-3-6-16/h1-12,14-15,30H,13H2,(H,31,33). The first kappa shape index (κ1) is 22.4. The number of hydrazine groups is 1. The third kappa shape index (κ3) is 5.35. The van der Waals surface area contributed by atoms with Gasteiger partial charge < -0.3 is 0 Å².